The summed E-state index contributed by atoms with van der Waals surface area (Å²) in [7, 11) is 0. The molecule has 102 valence electrons. The van der Waals surface area contributed by atoms with Crippen molar-refractivity contribution in [1.29, 1.82) is 0 Å². The van der Waals surface area contributed by atoms with Crippen molar-refractivity contribution in [3.63, 3.8) is 0 Å². The summed E-state index contributed by atoms with van der Waals surface area (Å²) in [6.45, 7) is 5.53. The maximum absolute atomic E-state index is 11.7. The molecule has 0 radical (unpaired) electrons. The standard InChI is InChI=1S/C16H26O2/c1-10-11(2)15-9-14(10)8-13(15)6-5-12-4-3-7-18-16(12)17/h10-15H,3-9H2,1-2H3. The van der Waals surface area contributed by atoms with Crippen molar-refractivity contribution in [1.82, 2.24) is 0 Å². The van der Waals surface area contributed by atoms with Gasteiger partial charge in [0.05, 0.1) is 12.5 Å². The van der Waals surface area contributed by atoms with Gasteiger partial charge < -0.3 is 4.74 Å². The van der Waals surface area contributed by atoms with Crippen molar-refractivity contribution >= 4 is 5.97 Å². The molecule has 2 nitrogen and oxygen atoms in total. The van der Waals surface area contributed by atoms with Crippen LogP contribution >= 0.6 is 0 Å². The highest BCUT2D eigenvalue weighted by atomic mass is 16.5. The minimum Gasteiger partial charge on any atom is -0.465 e. The minimum atomic E-state index is 0.0748. The first kappa shape index (κ1) is 12.5. The van der Waals surface area contributed by atoms with Crippen LogP contribution in [0.15, 0.2) is 0 Å². The second-order valence-electron chi connectivity index (χ2n) is 6.96. The van der Waals surface area contributed by atoms with E-state index in [1.165, 1.54) is 19.3 Å². The van der Waals surface area contributed by atoms with Gasteiger partial charge in [0.15, 0.2) is 0 Å². The van der Waals surface area contributed by atoms with Gasteiger partial charge in [-0.2, -0.15) is 0 Å². The summed E-state index contributed by atoms with van der Waals surface area (Å²) in [4.78, 5) is 11.7. The topological polar surface area (TPSA) is 26.3 Å². The van der Waals surface area contributed by atoms with Gasteiger partial charge in [-0.05, 0) is 68.1 Å². The summed E-state index contributed by atoms with van der Waals surface area (Å²) < 4.78 is 5.17. The zero-order valence-electron chi connectivity index (χ0n) is 11.7. The van der Waals surface area contributed by atoms with Crippen LogP contribution in [0.4, 0.5) is 0 Å². The Kier molecular flexibility index (Phi) is 3.38. The zero-order chi connectivity index (χ0) is 12.7. The van der Waals surface area contributed by atoms with Gasteiger partial charge in [0, 0.05) is 0 Å². The van der Waals surface area contributed by atoms with Crippen LogP contribution in [0.1, 0.15) is 52.4 Å². The van der Waals surface area contributed by atoms with Crippen LogP contribution in [0.2, 0.25) is 0 Å². The molecule has 0 aromatic heterocycles. The Balaban J connectivity index is 1.51. The average molecular weight is 250 g/mol. The lowest BCUT2D eigenvalue weighted by molar-refractivity contribution is -0.153. The third-order valence-corrected chi connectivity index (χ3v) is 6.19. The molecule has 3 fully saturated rings. The highest BCUT2D eigenvalue weighted by Crippen LogP contribution is 2.56. The van der Waals surface area contributed by atoms with E-state index in [1.54, 1.807) is 0 Å². The van der Waals surface area contributed by atoms with Crippen LogP contribution in [-0.4, -0.2) is 12.6 Å². The predicted molar refractivity (Wildman–Crippen MR) is 70.9 cm³/mol. The van der Waals surface area contributed by atoms with Crippen LogP contribution in [0.3, 0.4) is 0 Å². The highest BCUT2D eigenvalue weighted by Gasteiger charge is 2.48. The summed E-state index contributed by atoms with van der Waals surface area (Å²) in [5.74, 6) is 4.96. The summed E-state index contributed by atoms with van der Waals surface area (Å²) >= 11 is 0. The minimum absolute atomic E-state index is 0.0748. The van der Waals surface area contributed by atoms with Crippen LogP contribution in [0.25, 0.3) is 0 Å². The lowest BCUT2D eigenvalue weighted by Crippen LogP contribution is -2.27. The van der Waals surface area contributed by atoms with Crippen LogP contribution in [0.5, 0.6) is 0 Å². The van der Waals surface area contributed by atoms with E-state index >= 15 is 0 Å². The van der Waals surface area contributed by atoms with Gasteiger partial charge in [-0.25, -0.2) is 0 Å². The lowest BCUT2D eigenvalue weighted by atomic mass is 9.73. The summed E-state index contributed by atoms with van der Waals surface area (Å²) in [5.41, 5.74) is 0. The molecule has 0 amide bonds. The molecule has 0 aromatic carbocycles. The molecular weight excluding hydrogens is 224 g/mol. The predicted octanol–water partition coefficient (Wildman–Crippen LogP) is 3.65. The molecule has 2 aliphatic carbocycles. The third kappa shape index (κ3) is 2.08. The second-order valence-corrected chi connectivity index (χ2v) is 6.96. The van der Waals surface area contributed by atoms with Gasteiger partial charge in [-0.15, -0.1) is 0 Å². The van der Waals surface area contributed by atoms with Gasteiger partial charge in [0.25, 0.3) is 0 Å². The quantitative estimate of drug-likeness (QED) is 0.715. The number of ether oxygens (including phenoxy) is 1. The van der Waals surface area contributed by atoms with E-state index in [0.29, 0.717) is 6.61 Å². The van der Waals surface area contributed by atoms with Crippen molar-refractivity contribution in [2.45, 2.75) is 52.4 Å². The van der Waals surface area contributed by atoms with Gasteiger partial charge in [0.2, 0.25) is 0 Å². The number of carbonyl (C=O) groups is 1. The highest BCUT2D eigenvalue weighted by molar-refractivity contribution is 5.72. The van der Waals surface area contributed by atoms with Crippen molar-refractivity contribution in [3.8, 4) is 0 Å². The van der Waals surface area contributed by atoms with Gasteiger partial charge in [0.1, 0.15) is 0 Å². The largest absolute Gasteiger partial charge is 0.465 e. The molecule has 3 aliphatic rings. The normalized spacial score (nSPS) is 47.3. The number of rotatable bonds is 3. The van der Waals surface area contributed by atoms with Crippen molar-refractivity contribution < 1.29 is 9.53 Å². The molecule has 6 atom stereocenters. The van der Waals surface area contributed by atoms with E-state index in [9.17, 15) is 4.79 Å². The number of hydrogen-bond donors (Lipinski definition) is 0. The Labute approximate surface area is 110 Å². The first-order chi connectivity index (χ1) is 8.66. The molecule has 0 spiro atoms. The van der Waals surface area contributed by atoms with E-state index in [1.807, 2.05) is 0 Å². The van der Waals surface area contributed by atoms with Crippen molar-refractivity contribution in [2.24, 2.45) is 35.5 Å². The maximum Gasteiger partial charge on any atom is 0.308 e. The number of hydrogen-bond acceptors (Lipinski definition) is 2. The fourth-order valence-electron chi connectivity index (χ4n) is 4.84. The first-order valence-electron chi connectivity index (χ1n) is 7.83. The van der Waals surface area contributed by atoms with E-state index in [0.717, 1.165) is 48.9 Å². The summed E-state index contributed by atoms with van der Waals surface area (Å²) in [6.07, 6.45) is 7.36. The van der Waals surface area contributed by atoms with Crippen molar-refractivity contribution in [2.75, 3.05) is 6.61 Å². The third-order valence-electron chi connectivity index (χ3n) is 6.19. The lowest BCUT2D eigenvalue weighted by Gasteiger charge is -2.32. The number of carbonyl (C=O) groups excluding carboxylic acids is 1. The molecular formula is C16H26O2. The molecule has 2 bridgehead atoms. The number of cyclic esters (lactones) is 1. The van der Waals surface area contributed by atoms with Crippen LogP contribution in [-0.2, 0) is 9.53 Å². The molecule has 3 rings (SSSR count). The van der Waals surface area contributed by atoms with Gasteiger partial charge in [-0.1, -0.05) is 13.8 Å². The molecule has 2 saturated carbocycles. The molecule has 2 heteroatoms. The van der Waals surface area contributed by atoms with E-state index in [4.69, 9.17) is 4.74 Å². The molecule has 0 N–H and O–H groups in total. The Bertz CT molecular complexity index is 323. The number of esters is 1. The smallest absolute Gasteiger partial charge is 0.308 e. The van der Waals surface area contributed by atoms with Gasteiger partial charge >= 0.3 is 5.97 Å². The Morgan fingerprint density at radius 3 is 2.67 bits per heavy atom. The summed E-state index contributed by atoms with van der Waals surface area (Å²) in [6, 6.07) is 0. The van der Waals surface area contributed by atoms with Crippen LogP contribution < -0.4 is 0 Å². The first-order valence-corrected chi connectivity index (χ1v) is 7.83. The fourth-order valence-corrected chi connectivity index (χ4v) is 4.84. The van der Waals surface area contributed by atoms with Crippen molar-refractivity contribution in [3.05, 3.63) is 0 Å². The van der Waals surface area contributed by atoms with E-state index < -0.39 is 0 Å². The zero-order valence-corrected chi connectivity index (χ0v) is 11.7. The van der Waals surface area contributed by atoms with E-state index in [2.05, 4.69) is 13.8 Å². The molecule has 6 unspecified atom stereocenters. The molecule has 1 aliphatic heterocycles. The average Bonchev–Trinajstić information content (AvgIpc) is 2.90. The van der Waals surface area contributed by atoms with Gasteiger partial charge in [-0.3, -0.25) is 4.79 Å². The van der Waals surface area contributed by atoms with E-state index in [-0.39, 0.29) is 11.9 Å². The molecule has 1 saturated heterocycles. The SMILES string of the molecule is CC1C2CC(CCC3CCCOC3=O)C(C2)C1C. The Hall–Kier alpha value is -0.530. The second kappa shape index (κ2) is 4.86. The monoisotopic (exact) mass is 250 g/mol. The Morgan fingerprint density at radius 1 is 1.17 bits per heavy atom. The molecule has 18 heavy (non-hydrogen) atoms. The number of fused-ring (bicyclic) bond motifs is 2. The molecule has 0 aromatic rings. The van der Waals surface area contributed by atoms with Crippen LogP contribution in [0, 0.1) is 35.5 Å². The summed E-state index contributed by atoms with van der Waals surface area (Å²) in [5, 5.41) is 0. The fraction of sp³-hybridized carbons (Fsp3) is 0.938. The molecule has 1 heterocycles. The maximum atomic E-state index is 11.7. The Morgan fingerprint density at radius 2 is 2.00 bits per heavy atom.